The van der Waals surface area contributed by atoms with Crippen LogP contribution >= 0.6 is 0 Å². The van der Waals surface area contributed by atoms with Crippen molar-refractivity contribution in [1.29, 1.82) is 0 Å². The summed E-state index contributed by atoms with van der Waals surface area (Å²) in [5.74, 6) is -0.389. The Hall–Kier alpha value is -3.06. The number of benzene rings is 1. The second-order valence-corrected chi connectivity index (χ2v) is 7.39. The zero-order valence-electron chi connectivity index (χ0n) is 16.4. The van der Waals surface area contributed by atoms with Crippen molar-refractivity contribution >= 4 is 5.91 Å². The van der Waals surface area contributed by atoms with E-state index in [2.05, 4.69) is 20.7 Å². The highest BCUT2D eigenvalue weighted by molar-refractivity contribution is 5.94. The van der Waals surface area contributed by atoms with E-state index in [1.807, 2.05) is 29.9 Å². The van der Waals surface area contributed by atoms with Crippen LogP contribution in [0.5, 0.6) is 0 Å². The summed E-state index contributed by atoms with van der Waals surface area (Å²) in [4.78, 5) is 16.8. The molecule has 6 nitrogen and oxygen atoms in total. The van der Waals surface area contributed by atoms with Crippen LogP contribution < -0.4 is 10.6 Å². The number of nitrogens with one attached hydrogen (secondary N) is 2. The van der Waals surface area contributed by atoms with Gasteiger partial charge in [0.05, 0.1) is 0 Å². The minimum absolute atomic E-state index is 0.163. The van der Waals surface area contributed by atoms with E-state index >= 15 is 0 Å². The van der Waals surface area contributed by atoms with Crippen LogP contribution in [-0.4, -0.2) is 26.7 Å². The molecule has 1 aliphatic rings. The zero-order chi connectivity index (χ0) is 20.2. The molecule has 0 saturated carbocycles. The fraction of sp³-hybridized carbons (Fsp3) is 0.318. The summed E-state index contributed by atoms with van der Waals surface area (Å²) in [5, 5.41) is 10.9. The number of carbonyl (C=O) groups excluding carboxylic acids is 1. The van der Waals surface area contributed by atoms with Crippen LogP contribution in [0.1, 0.15) is 39.3 Å². The van der Waals surface area contributed by atoms with Gasteiger partial charge in [0.25, 0.3) is 5.91 Å². The van der Waals surface area contributed by atoms with Gasteiger partial charge in [-0.25, -0.2) is 4.39 Å². The van der Waals surface area contributed by atoms with Crippen molar-refractivity contribution in [3.05, 3.63) is 82.7 Å². The summed E-state index contributed by atoms with van der Waals surface area (Å²) >= 11 is 0. The maximum absolute atomic E-state index is 13.4. The largest absolute Gasteiger partial charge is 0.347 e. The first-order valence-corrected chi connectivity index (χ1v) is 9.80. The fourth-order valence-electron chi connectivity index (χ4n) is 3.82. The number of aromatic nitrogens is 3. The van der Waals surface area contributed by atoms with Crippen LogP contribution in [0.15, 0.2) is 48.8 Å². The molecule has 0 aliphatic heterocycles. The van der Waals surface area contributed by atoms with E-state index in [9.17, 15) is 9.18 Å². The van der Waals surface area contributed by atoms with E-state index < -0.39 is 0 Å². The Balaban J connectivity index is 1.42. The monoisotopic (exact) mass is 393 g/mol. The molecule has 7 heteroatoms. The molecule has 1 unspecified atom stereocenters. The van der Waals surface area contributed by atoms with E-state index in [1.54, 1.807) is 24.5 Å². The molecule has 3 aromatic rings. The molecule has 1 amide bonds. The standard InChI is InChI=1S/C22H24FN5O/c1-28-20-6-5-18(25-14-16-3-2-4-17(23)11-16)12-19(20)21(27-28)22(29)26-13-15-7-9-24-10-8-15/h2-4,7-11,18,25H,5-6,12-14H2,1H3,(H,26,29). The minimum atomic E-state index is -0.226. The van der Waals surface area contributed by atoms with Crippen molar-refractivity contribution in [2.75, 3.05) is 0 Å². The predicted molar refractivity (Wildman–Crippen MR) is 108 cm³/mol. The first kappa shape index (κ1) is 19.3. The average molecular weight is 393 g/mol. The van der Waals surface area contributed by atoms with Gasteiger partial charge in [-0.05, 0) is 54.7 Å². The number of rotatable bonds is 6. The number of hydrogen-bond donors (Lipinski definition) is 2. The van der Waals surface area contributed by atoms with E-state index in [0.717, 1.165) is 41.6 Å². The molecular formula is C22H24FN5O. The average Bonchev–Trinajstić information content (AvgIpc) is 3.07. The van der Waals surface area contributed by atoms with Crippen LogP contribution in [-0.2, 0) is 33.0 Å². The molecule has 0 saturated heterocycles. The molecule has 0 fully saturated rings. The molecule has 2 heterocycles. The van der Waals surface area contributed by atoms with Crippen LogP contribution in [0.25, 0.3) is 0 Å². The lowest BCUT2D eigenvalue weighted by Gasteiger charge is -2.24. The number of hydrogen-bond acceptors (Lipinski definition) is 4. The van der Waals surface area contributed by atoms with Gasteiger partial charge < -0.3 is 10.6 Å². The number of nitrogens with zero attached hydrogens (tertiary/aromatic N) is 3. The molecule has 1 aliphatic carbocycles. The van der Waals surface area contributed by atoms with Crippen molar-refractivity contribution < 1.29 is 9.18 Å². The van der Waals surface area contributed by atoms with Crippen molar-refractivity contribution in [1.82, 2.24) is 25.4 Å². The topological polar surface area (TPSA) is 71.8 Å². The molecule has 0 spiro atoms. The molecule has 4 rings (SSSR count). The van der Waals surface area contributed by atoms with Gasteiger partial charge in [0, 0.05) is 49.8 Å². The Bertz CT molecular complexity index is 1000. The number of halogens is 1. The quantitative estimate of drug-likeness (QED) is 0.675. The number of pyridine rings is 1. The second kappa shape index (κ2) is 8.53. The number of aryl methyl sites for hydroxylation is 1. The summed E-state index contributed by atoms with van der Waals surface area (Å²) in [6, 6.07) is 10.6. The van der Waals surface area contributed by atoms with Gasteiger partial charge in [-0.3, -0.25) is 14.5 Å². The molecule has 2 N–H and O–H groups in total. The highest BCUT2D eigenvalue weighted by Crippen LogP contribution is 2.24. The minimum Gasteiger partial charge on any atom is -0.347 e. The first-order valence-electron chi connectivity index (χ1n) is 9.80. The summed E-state index contributed by atoms with van der Waals surface area (Å²) in [6.45, 7) is 1.04. The van der Waals surface area contributed by atoms with Crippen LogP contribution in [0.2, 0.25) is 0 Å². The lowest BCUT2D eigenvalue weighted by molar-refractivity contribution is 0.0944. The van der Waals surface area contributed by atoms with Crippen LogP contribution in [0.3, 0.4) is 0 Å². The molecular weight excluding hydrogens is 369 g/mol. The van der Waals surface area contributed by atoms with Gasteiger partial charge in [0.15, 0.2) is 5.69 Å². The Kier molecular flexibility index (Phi) is 5.67. The SMILES string of the molecule is Cn1nc(C(=O)NCc2ccncc2)c2c1CCC(NCc1cccc(F)c1)C2. The molecule has 150 valence electrons. The Morgan fingerprint density at radius 2 is 2.03 bits per heavy atom. The highest BCUT2D eigenvalue weighted by atomic mass is 19.1. The van der Waals surface area contributed by atoms with Gasteiger partial charge in [0.2, 0.25) is 0 Å². The summed E-state index contributed by atoms with van der Waals surface area (Å²) in [7, 11) is 1.89. The third-order valence-corrected chi connectivity index (χ3v) is 5.36. The molecule has 2 aromatic heterocycles. The summed E-state index contributed by atoms with van der Waals surface area (Å²) in [5.41, 5.74) is 4.52. The molecule has 0 bridgehead atoms. The van der Waals surface area contributed by atoms with Gasteiger partial charge in [-0.1, -0.05) is 12.1 Å². The van der Waals surface area contributed by atoms with Gasteiger partial charge in [-0.2, -0.15) is 5.10 Å². The Morgan fingerprint density at radius 1 is 1.21 bits per heavy atom. The number of carbonyl (C=O) groups is 1. The van der Waals surface area contributed by atoms with Crippen LogP contribution in [0, 0.1) is 5.82 Å². The maximum atomic E-state index is 13.4. The van der Waals surface area contributed by atoms with Gasteiger partial charge in [0.1, 0.15) is 5.82 Å². The van der Waals surface area contributed by atoms with E-state index in [4.69, 9.17) is 0 Å². The van der Waals surface area contributed by atoms with Crippen molar-refractivity contribution in [3.8, 4) is 0 Å². The lowest BCUT2D eigenvalue weighted by atomic mass is 9.91. The van der Waals surface area contributed by atoms with Crippen molar-refractivity contribution in [2.24, 2.45) is 7.05 Å². The highest BCUT2D eigenvalue weighted by Gasteiger charge is 2.28. The molecule has 0 radical (unpaired) electrons. The van der Waals surface area contributed by atoms with Crippen molar-refractivity contribution in [2.45, 2.75) is 38.4 Å². The number of amides is 1. The van der Waals surface area contributed by atoms with E-state index in [1.165, 1.54) is 6.07 Å². The Labute approximate surface area is 169 Å². The summed E-state index contributed by atoms with van der Waals surface area (Å²) < 4.78 is 15.2. The first-order chi connectivity index (χ1) is 14.1. The molecule has 29 heavy (non-hydrogen) atoms. The van der Waals surface area contributed by atoms with E-state index in [0.29, 0.717) is 18.8 Å². The second-order valence-electron chi connectivity index (χ2n) is 7.39. The third-order valence-electron chi connectivity index (χ3n) is 5.36. The van der Waals surface area contributed by atoms with E-state index in [-0.39, 0.29) is 17.8 Å². The van der Waals surface area contributed by atoms with Gasteiger partial charge in [-0.15, -0.1) is 0 Å². The summed E-state index contributed by atoms with van der Waals surface area (Å²) in [6.07, 6.45) is 5.96. The lowest BCUT2D eigenvalue weighted by Crippen LogP contribution is -2.35. The zero-order valence-corrected chi connectivity index (χ0v) is 16.4. The smallest absolute Gasteiger partial charge is 0.272 e. The third kappa shape index (κ3) is 4.51. The predicted octanol–water partition coefficient (Wildman–Crippen LogP) is 2.53. The number of fused-ring (bicyclic) bond motifs is 1. The fourth-order valence-corrected chi connectivity index (χ4v) is 3.82. The maximum Gasteiger partial charge on any atom is 0.272 e. The molecule has 1 aromatic carbocycles. The van der Waals surface area contributed by atoms with Crippen LogP contribution in [0.4, 0.5) is 4.39 Å². The molecule has 1 atom stereocenters. The van der Waals surface area contributed by atoms with Gasteiger partial charge >= 0.3 is 0 Å². The van der Waals surface area contributed by atoms with Crippen molar-refractivity contribution in [3.63, 3.8) is 0 Å². The normalized spacial score (nSPS) is 15.7. The Morgan fingerprint density at radius 3 is 2.83 bits per heavy atom.